The monoisotopic (exact) mass is 2140 g/mol. The minimum Gasteiger partial charge on any atom is -0.536 e. The van der Waals surface area contributed by atoms with E-state index in [1.54, 1.807) is 89.9 Å². The van der Waals surface area contributed by atoms with Gasteiger partial charge in [0, 0.05) is 77.9 Å². The molecule has 20 heterocycles. The molecule has 0 aliphatic carbocycles. The van der Waals surface area contributed by atoms with Crippen LogP contribution in [0.4, 0.5) is 22.8 Å². The van der Waals surface area contributed by atoms with Crippen LogP contribution in [0.5, 0.6) is 5.75 Å². The molecule has 38 nitrogen and oxygen atoms in total. The predicted octanol–water partition coefficient (Wildman–Crippen LogP) is 17.8. The fourth-order valence-corrected chi connectivity index (χ4v) is 18.8. The van der Waals surface area contributed by atoms with Crippen molar-refractivity contribution in [3.8, 4) is 51.3 Å². The summed E-state index contributed by atoms with van der Waals surface area (Å²) in [5, 5.41) is 30.5. The molecule has 1 saturated heterocycles. The van der Waals surface area contributed by atoms with E-state index in [0.717, 1.165) is 101 Å². The molecule has 16 aromatic heterocycles. The number of rotatable bonds is 10. The van der Waals surface area contributed by atoms with Gasteiger partial charge in [-0.15, -0.1) is 0 Å². The number of pyridine rings is 4. The molecular formula is C105H124B2BrF3N23O15S. The largest absolute Gasteiger partial charge is 0.569 e. The molecule has 16 aromatic rings. The van der Waals surface area contributed by atoms with Gasteiger partial charge in [-0.1, -0.05) is 27.0 Å². The van der Waals surface area contributed by atoms with Crippen molar-refractivity contribution in [3.05, 3.63) is 273 Å². The zero-order valence-corrected chi connectivity index (χ0v) is 89.2. The van der Waals surface area contributed by atoms with E-state index in [9.17, 15) is 50.4 Å². The van der Waals surface area contributed by atoms with E-state index in [-0.39, 0.29) is 85.8 Å². The zero-order valence-electron chi connectivity index (χ0n) is 86.8. The van der Waals surface area contributed by atoms with E-state index < -0.39 is 45.0 Å². The van der Waals surface area contributed by atoms with Gasteiger partial charge in [-0.3, -0.25) is 66.5 Å². The van der Waals surface area contributed by atoms with Crippen molar-refractivity contribution in [2.45, 2.75) is 271 Å². The number of carbonyl (C=O) groups excluding carboxylic acids is 2. The van der Waals surface area contributed by atoms with Gasteiger partial charge in [0.15, 0.2) is 0 Å². The lowest BCUT2D eigenvalue weighted by Crippen LogP contribution is -2.49. The Labute approximate surface area is 874 Å². The Morgan fingerprint density at radius 3 is 1.12 bits per heavy atom. The van der Waals surface area contributed by atoms with Crippen LogP contribution in [0.2, 0.25) is 6.82 Å². The maximum atomic E-state index is 13.1. The lowest BCUT2D eigenvalue weighted by atomic mass is 9.90. The van der Waals surface area contributed by atoms with Crippen LogP contribution in [0.15, 0.2) is 194 Å². The summed E-state index contributed by atoms with van der Waals surface area (Å²) in [6.45, 7) is 47.6. The summed E-state index contributed by atoms with van der Waals surface area (Å²) in [5.41, 5.74) is 14.0. The summed E-state index contributed by atoms with van der Waals surface area (Å²) >= 11 is 3.36. The van der Waals surface area contributed by atoms with Crippen LogP contribution in [-0.4, -0.2) is 210 Å². The molecule has 0 unspecified atom stereocenters. The Kier molecular flexibility index (Phi) is 33.0. The number of amides is 2. The predicted molar refractivity (Wildman–Crippen MR) is 573 cm³/mol. The first kappa shape index (κ1) is 113. The Bertz CT molecular complexity index is 8370. The van der Waals surface area contributed by atoms with Gasteiger partial charge in [-0.05, 0) is 303 Å². The van der Waals surface area contributed by atoms with E-state index in [0.29, 0.717) is 100 Å². The summed E-state index contributed by atoms with van der Waals surface area (Å²) in [6, 6.07) is 27.5. The number of aromatic nitrogens is 20. The molecule has 20 rings (SSSR count). The maximum absolute atomic E-state index is 13.1. The molecule has 150 heavy (non-hydrogen) atoms. The molecule has 2 amide bonds. The maximum Gasteiger partial charge on any atom is 0.569 e. The van der Waals surface area contributed by atoms with Gasteiger partial charge in [-0.2, -0.15) is 42.0 Å². The van der Waals surface area contributed by atoms with Gasteiger partial charge < -0.3 is 38.0 Å². The van der Waals surface area contributed by atoms with Crippen LogP contribution in [0.3, 0.4) is 0 Å². The fourth-order valence-electron chi connectivity index (χ4n) is 17.9. The quantitative estimate of drug-likeness (QED) is 0.0729. The molecule has 0 bridgehead atoms. The highest BCUT2D eigenvalue weighted by Crippen LogP contribution is 2.39. The van der Waals surface area contributed by atoms with E-state index in [4.69, 9.17) is 38.4 Å². The number of alkyl halides is 3. The average Bonchev–Trinajstić information content (AvgIpc) is 1.50. The summed E-state index contributed by atoms with van der Waals surface area (Å²) in [7, 11) is -5.22. The van der Waals surface area contributed by atoms with Gasteiger partial charge in [-0.25, -0.2) is 47.6 Å². The molecule has 45 heteroatoms. The third kappa shape index (κ3) is 25.4. The topological polar surface area (TPSA) is 421 Å². The highest BCUT2D eigenvalue weighted by molar-refractivity contribution is 9.10. The standard InChI is InChI=1S/C28H32N6O3.C23H24N6O.C16H13BN5O3.C16H12BrN5O.C13H20F3NO5S.C7H15BO2.2CH4/c1-16-14-33-24(19(4)29-16)12-23(31-33)22-13-26(35)32-15-20(8-9-25(32)30-22)21-10-17(2)34(18(3)11-21)27(36)37-28(5,6)7;1-13-7-18(8-14(2)24-13)17-5-6-22-26-19(10-23(30)28(22)12-17)20-9-21-16(4)25-15(3)11-29(21)27-20;1-9-7-22-14(10(2)18-9)5-13(20-22)12-6-16(23)21-8-11(25-17-24)3-4-15(21)19-12;1-9-7-22-14(10(2)18-9)5-13(20-22)12-6-16(23)21-8-11(17)3-4-15(21)19-12;1-8-6-10(22-23(19,20)13(14,15)16)7-9(2)17(8)11(18)21-12(3,4)5;1-6(2)7(3,4)10-8(5)9-6;;/h8-10,12-15,17-18H,11H2,1-7H3;5-7,9-14,24H,8H2,1-4H3;3-8,24H,1-2H3;3-8H,1-2H3;6,8-9H,7H2,1-5H3;1-5H3;2*1H4/t17-,18-;13-,14-;;;8-,9-;;;/m00..0.../s1. The molecule has 0 aromatic carbocycles. The smallest absolute Gasteiger partial charge is 0.536 e. The molecule has 1 radical (unpaired) electrons. The number of hydrogen-bond acceptors (Lipinski definition) is 28. The first-order chi connectivity index (χ1) is 69.3. The van der Waals surface area contributed by atoms with Gasteiger partial charge in [0.2, 0.25) is 0 Å². The molecule has 4 aliphatic heterocycles. The summed E-state index contributed by atoms with van der Waals surface area (Å²) in [5.74, 6) is -0.0151. The second-order valence-corrected chi connectivity index (χ2v) is 42.6. The third-order valence-corrected chi connectivity index (χ3v) is 26.4. The SMILES string of the molecule is C.C.CB1OC(C)(C)C(C)(C)O1.C[C@H]1C=C(OS(=O)(=O)C(F)(F)F)C[C@H](C)N1C(=O)OC(C)(C)C.Cc1cn2nc(-c3cc(=O)n4cc(Br)ccc4n3)cc2c(C)n1.Cc1cn2nc(-c3cc(=O)n4cc(C5=C[C@H](C)N(C(=O)OC(C)(C)C)[C@@H](C)C5)ccc4n3)cc2c(C)n1.Cc1cn2nc(-c3cc(=O)n4cc(C5=C[C@H](C)N[C@@H](C)C5)ccc4n3)cc2c(C)n1.Cc1cn2nc(-c3cc(=O)n4cc(O[B]O)ccc4n3)cc2c(C)n1. The van der Waals surface area contributed by atoms with Crippen molar-refractivity contribution in [2.75, 3.05) is 0 Å². The van der Waals surface area contributed by atoms with Crippen molar-refractivity contribution in [1.82, 2.24) is 111 Å². The van der Waals surface area contributed by atoms with Crippen molar-refractivity contribution >= 4 is 109 Å². The first-order valence-electron chi connectivity index (χ1n) is 47.9. The lowest BCUT2D eigenvalue weighted by Gasteiger charge is -2.38. The van der Waals surface area contributed by atoms with E-state index in [1.807, 2.05) is 189 Å². The Morgan fingerprint density at radius 2 is 0.793 bits per heavy atom. The molecule has 6 atom stereocenters. The van der Waals surface area contributed by atoms with E-state index in [1.165, 1.54) is 50.6 Å². The molecule has 1 fully saturated rings. The molecule has 4 aliphatic rings. The number of carbonyl (C=O) groups is 2. The second kappa shape index (κ2) is 43.9. The Balaban J connectivity index is 0.000000154. The van der Waals surface area contributed by atoms with Crippen molar-refractivity contribution in [3.63, 3.8) is 0 Å². The van der Waals surface area contributed by atoms with Gasteiger partial charge in [0.25, 0.3) is 22.2 Å². The number of ether oxygens (including phenoxy) is 2. The Morgan fingerprint density at radius 1 is 0.460 bits per heavy atom. The van der Waals surface area contributed by atoms with Crippen LogP contribution >= 0.6 is 15.9 Å². The molecule has 2 N–H and O–H groups in total. The first-order valence-corrected chi connectivity index (χ1v) is 50.1. The third-order valence-electron chi connectivity index (χ3n) is 24.9. The van der Waals surface area contributed by atoms with Crippen LogP contribution in [-0.2, 0) is 33.1 Å². The summed E-state index contributed by atoms with van der Waals surface area (Å²) in [6.07, 6.45) is 20.2. The highest BCUT2D eigenvalue weighted by Gasteiger charge is 2.51. The number of nitrogens with one attached hydrogen (secondary N) is 1. The fraction of sp³-hybridized carbons (Fsp3) is 0.390. The van der Waals surface area contributed by atoms with Crippen molar-refractivity contribution < 1.29 is 63.8 Å². The van der Waals surface area contributed by atoms with Crippen LogP contribution in [0.25, 0.3) is 101 Å². The van der Waals surface area contributed by atoms with E-state index in [2.05, 4.69) is 129 Å². The summed E-state index contributed by atoms with van der Waals surface area (Å²) in [4.78, 5) is 115. The van der Waals surface area contributed by atoms with E-state index >= 15 is 0 Å². The number of halogens is 4. The zero-order chi connectivity index (χ0) is 108. The van der Waals surface area contributed by atoms with Crippen molar-refractivity contribution in [2.24, 2.45) is 0 Å². The molecular weight excluding hydrogens is 2010 g/mol. The highest BCUT2D eigenvalue weighted by atomic mass is 79.9. The minimum atomic E-state index is -5.71. The number of hydrogen-bond donors (Lipinski definition) is 2. The minimum absolute atomic E-state index is 0. The second-order valence-electron chi connectivity index (χ2n) is 40.2. The van der Waals surface area contributed by atoms with Crippen LogP contribution < -0.4 is 32.2 Å². The molecule has 789 valence electrons. The number of fused-ring (bicyclic) bond motifs is 8. The lowest BCUT2D eigenvalue weighted by molar-refractivity contribution is -0.0529. The molecule has 0 saturated carbocycles. The Hall–Kier alpha value is -14.5. The van der Waals surface area contributed by atoms with Gasteiger partial charge >= 0.3 is 42.6 Å². The molecule has 0 spiro atoms. The average molecular weight is 2140 g/mol. The van der Waals surface area contributed by atoms with Crippen LogP contribution in [0, 0.1) is 55.4 Å². The number of nitrogens with zero attached hydrogens (tertiary/aromatic N) is 22. The normalized spacial score (nSPS) is 17.5. The van der Waals surface area contributed by atoms with Gasteiger partial charge in [0.1, 0.15) is 68.1 Å². The van der Waals surface area contributed by atoms with Crippen molar-refractivity contribution in [1.29, 1.82) is 0 Å². The number of aryl methyl sites for hydroxylation is 8. The van der Waals surface area contributed by atoms with Gasteiger partial charge in [0.05, 0.1) is 145 Å². The van der Waals surface area contributed by atoms with Crippen LogP contribution in [0.1, 0.15) is 202 Å². The summed E-state index contributed by atoms with van der Waals surface area (Å²) < 4.78 is 104.